The molecule has 0 aliphatic rings. The summed E-state index contributed by atoms with van der Waals surface area (Å²) in [6.07, 6.45) is 0. The normalized spacial score (nSPS) is 10.0. The number of nitrogens with zero attached hydrogens (tertiary/aromatic N) is 2. The van der Waals surface area contributed by atoms with Crippen LogP contribution in [0.3, 0.4) is 0 Å². The van der Waals surface area contributed by atoms with Crippen LogP contribution in [0.15, 0.2) is 48.5 Å². The fourth-order valence-electron chi connectivity index (χ4n) is 1.73. The molecule has 0 aromatic heterocycles. The maximum Gasteiger partial charge on any atom is 0.344 e. The number of benzene rings is 2. The van der Waals surface area contributed by atoms with Crippen LogP contribution >= 0.6 is 0 Å². The van der Waals surface area contributed by atoms with Gasteiger partial charge >= 0.3 is 5.97 Å². The Morgan fingerprint density at radius 1 is 0.875 bits per heavy atom. The molecule has 0 N–H and O–H groups in total. The summed E-state index contributed by atoms with van der Waals surface area (Å²) >= 11 is 0. The first-order valence-corrected chi connectivity index (χ1v) is 6.72. The summed E-state index contributed by atoms with van der Waals surface area (Å²) in [5.41, 5.74) is 0.471. The van der Waals surface area contributed by atoms with Crippen LogP contribution in [0.25, 0.3) is 0 Å². The predicted molar refractivity (Wildman–Crippen MR) is 81.5 cm³/mol. The highest BCUT2D eigenvalue weighted by molar-refractivity contribution is 5.71. The van der Waals surface area contributed by atoms with E-state index in [0.29, 0.717) is 11.3 Å². The number of carbonyl (C=O) groups excluding carboxylic acids is 1. The topological polar surface area (TPSA) is 122 Å². The Bertz CT molecular complexity index is 678. The number of carbonyl (C=O) groups is 1. The molecule has 0 fully saturated rings. The molecule has 9 heteroatoms. The van der Waals surface area contributed by atoms with Gasteiger partial charge in [0.15, 0.2) is 6.61 Å². The van der Waals surface area contributed by atoms with Crippen LogP contribution in [0.2, 0.25) is 0 Å². The minimum absolute atomic E-state index is 0.0412. The van der Waals surface area contributed by atoms with Gasteiger partial charge in [0.1, 0.15) is 12.4 Å². The lowest BCUT2D eigenvalue weighted by molar-refractivity contribution is -0.385. The smallest absolute Gasteiger partial charge is 0.344 e. The van der Waals surface area contributed by atoms with E-state index >= 15 is 0 Å². The molecule has 24 heavy (non-hydrogen) atoms. The van der Waals surface area contributed by atoms with E-state index in [9.17, 15) is 25.0 Å². The van der Waals surface area contributed by atoms with Gasteiger partial charge in [-0.25, -0.2) is 4.79 Å². The molecule has 0 bridgehead atoms. The Labute approximate surface area is 135 Å². The molecular weight excluding hydrogens is 320 g/mol. The van der Waals surface area contributed by atoms with Crippen molar-refractivity contribution >= 4 is 17.3 Å². The second-order valence-electron chi connectivity index (χ2n) is 4.62. The van der Waals surface area contributed by atoms with E-state index in [1.165, 1.54) is 48.5 Å². The maximum atomic E-state index is 11.6. The van der Waals surface area contributed by atoms with E-state index in [2.05, 4.69) is 0 Å². The van der Waals surface area contributed by atoms with E-state index in [0.717, 1.165) is 0 Å². The minimum Gasteiger partial charge on any atom is -0.482 e. The van der Waals surface area contributed by atoms with Crippen molar-refractivity contribution in [3.05, 3.63) is 74.3 Å². The first-order valence-electron chi connectivity index (χ1n) is 6.72. The summed E-state index contributed by atoms with van der Waals surface area (Å²) in [6.45, 7) is -0.398. The largest absolute Gasteiger partial charge is 0.482 e. The molecule has 0 aliphatic heterocycles. The van der Waals surface area contributed by atoms with E-state index in [4.69, 9.17) is 9.47 Å². The van der Waals surface area contributed by atoms with Gasteiger partial charge in [0, 0.05) is 24.3 Å². The molecular formula is C15H12N2O7. The molecule has 2 rings (SSSR count). The Hall–Kier alpha value is -3.49. The fraction of sp³-hybridized carbons (Fsp3) is 0.133. The van der Waals surface area contributed by atoms with E-state index in [1.807, 2.05) is 0 Å². The van der Waals surface area contributed by atoms with Gasteiger partial charge in [-0.2, -0.15) is 0 Å². The molecule has 9 nitrogen and oxygen atoms in total. The van der Waals surface area contributed by atoms with Gasteiger partial charge in [-0.1, -0.05) is 0 Å². The van der Waals surface area contributed by atoms with Crippen LogP contribution in [0.4, 0.5) is 11.4 Å². The van der Waals surface area contributed by atoms with Crippen LogP contribution in [-0.2, 0) is 16.1 Å². The number of nitro benzene ring substituents is 2. The lowest BCUT2D eigenvalue weighted by Crippen LogP contribution is -2.14. The summed E-state index contributed by atoms with van der Waals surface area (Å²) in [5, 5.41) is 21.0. The van der Waals surface area contributed by atoms with Gasteiger partial charge in [0.2, 0.25) is 0 Å². The van der Waals surface area contributed by atoms with Crippen LogP contribution in [-0.4, -0.2) is 22.4 Å². The Morgan fingerprint density at radius 3 is 1.88 bits per heavy atom. The summed E-state index contributed by atoms with van der Waals surface area (Å²) in [7, 11) is 0. The molecule has 2 aromatic rings. The summed E-state index contributed by atoms with van der Waals surface area (Å²) in [6, 6.07) is 10.9. The summed E-state index contributed by atoms with van der Waals surface area (Å²) in [4.78, 5) is 31.5. The lowest BCUT2D eigenvalue weighted by atomic mass is 10.2. The van der Waals surface area contributed by atoms with Gasteiger partial charge in [-0.15, -0.1) is 0 Å². The van der Waals surface area contributed by atoms with Crippen LogP contribution in [0.5, 0.6) is 5.75 Å². The Morgan fingerprint density at radius 2 is 1.38 bits per heavy atom. The van der Waals surface area contributed by atoms with Crippen molar-refractivity contribution in [2.75, 3.05) is 6.61 Å². The highest BCUT2D eigenvalue weighted by Crippen LogP contribution is 2.17. The minimum atomic E-state index is -0.633. The van der Waals surface area contributed by atoms with E-state index in [-0.39, 0.29) is 24.6 Å². The molecule has 2 aromatic carbocycles. The fourth-order valence-corrected chi connectivity index (χ4v) is 1.73. The van der Waals surface area contributed by atoms with Crippen LogP contribution < -0.4 is 4.74 Å². The number of ether oxygens (including phenoxy) is 2. The third kappa shape index (κ3) is 4.77. The Balaban J connectivity index is 1.78. The number of hydrogen-bond donors (Lipinski definition) is 0. The van der Waals surface area contributed by atoms with Gasteiger partial charge in [0.25, 0.3) is 11.4 Å². The van der Waals surface area contributed by atoms with Crippen molar-refractivity contribution in [3.8, 4) is 5.75 Å². The van der Waals surface area contributed by atoms with Gasteiger partial charge in [-0.05, 0) is 29.8 Å². The average molecular weight is 332 g/mol. The maximum absolute atomic E-state index is 11.6. The SMILES string of the molecule is O=C(COc1ccc([N+](=O)[O-])cc1)OCc1ccc([N+](=O)[O-])cc1. The predicted octanol–water partition coefficient (Wildman–Crippen LogP) is 2.63. The number of hydrogen-bond acceptors (Lipinski definition) is 7. The van der Waals surface area contributed by atoms with Crippen LogP contribution in [0.1, 0.15) is 5.56 Å². The van der Waals surface area contributed by atoms with Crippen molar-refractivity contribution in [2.45, 2.75) is 6.61 Å². The Kier molecular flexibility index (Phi) is 5.40. The average Bonchev–Trinajstić information content (AvgIpc) is 2.58. The van der Waals surface area contributed by atoms with Gasteiger partial charge < -0.3 is 9.47 Å². The van der Waals surface area contributed by atoms with Gasteiger partial charge in [-0.3, -0.25) is 20.2 Å². The zero-order chi connectivity index (χ0) is 17.5. The highest BCUT2D eigenvalue weighted by Gasteiger charge is 2.09. The van der Waals surface area contributed by atoms with Gasteiger partial charge in [0.05, 0.1) is 9.85 Å². The first kappa shape index (κ1) is 16.9. The van der Waals surface area contributed by atoms with Crippen LogP contribution in [0, 0.1) is 20.2 Å². The zero-order valence-corrected chi connectivity index (χ0v) is 12.3. The first-order chi connectivity index (χ1) is 11.5. The molecule has 124 valence electrons. The number of non-ortho nitro benzene ring substituents is 2. The van der Waals surface area contributed by atoms with Crippen molar-refractivity contribution in [1.29, 1.82) is 0 Å². The van der Waals surface area contributed by atoms with E-state index in [1.54, 1.807) is 0 Å². The number of rotatable bonds is 7. The second-order valence-corrected chi connectivity index (χ2v) is 4.62. The standard InChI is InChI=1S/C15H12N2O7/c18-15(10-23-14-7-5-13(6-8-14)17(21)22)24-9-11-1-3-12(4-2-11)16(19)20/h1-8H,9-10H2. The third-order valence-corrected chi connectivity index (χ3v) is 2.95. The third-order valence-electron chi connectivity index (χ3n) is 2.95. The second kappa shape index (κ2) is 7.68. The zero-order valence-electron chi connectivity index (χ0n) is 12.3. The molecule has 0 heterocycles. The lowest BCUT2D eigenvalue weighted by Gasteiger charge is -2.07. The summed E-state index contributed by atoms with van der Waals surface area (Å²) < 4.78 is 10.1. The van der Waals surface area contributed by atoms with Crippen molar-refractivity contribution in [2.24, 2.45) is 0 Å². The quantitative estimate of drug-likeness (QED) is 0.434. The molecule has 0 amide bonds. The van der Waals surface area contributed by atoms with Crippen molar-refractivity contribution in [1.82, 2.24) is 0 Å². The monoisotopic (exact) mass is 332 g/mol. The molecule has 0 spiro atoms. The molecule has 0 saturated heterocycles. The molecule has 0 aliphatic carbocycles. The highest BCUT2D eigenvalue weighted by atomic mass is 16.6. The molecule has 0 unspecified atom stereocenters. The number of nitro groups is 2. The van der Waals surface area contributed by atoms with E-state index < -0.39 is 15.8 Å². The van der Waals surface area contributed by atoms with Crippen molar-refractivity contribution in [3.63, 3.8) is 0 Å². The number of esters is 1. The molecule has 0 saturated carbocycles. The molecule has 0 radical (unpaired) electrons. The van der Waals surface area contributed by atoms with Crippen molar-refractivity contribution < 1.29 is 24.1 Å². The summed E-state index contributed by atoms with van der Waals surface area (Å²) in [5.74, 6) is -0.334. The molecule has 0 atom stereocenters.